The normalized spacial score (nSPS) is 25.8. The minimum atomic E-state index is -4.43. The molecular formula is C12H14F3N3O2S. The fourth-order valence-electron chi connectivity index (χ4n) is 2.71. The minimum absolute atomic E-state index is 0.0251. The summed E-state index contributed by atoms with van der Waals surface area (Å²) in [5.74, 6) is 0. The summed E-state index contributed by atoms with van der Waals surface area (Å²) in [7, 11) is 0. The van der Waals surface area contributed by atoms with E-state index in [4.69, 9.17) is 4.74 Å². The lowest BCUT2D eigenvalue weighted by molar-refractivity contribution is -0.134. The van der Waals surface area contributed by atoms with Gasteiger partial charge in [-0.1, -0.05) is 11.3 Å². The first-order valence-corrected chi connectivity index (χ1v) is 7.36. The molecule has 1 spiro atoms. The van der Waals surface area contributed by atoms with Crippen molar-refractivity contribution in [1.82, 2.24) is 9.88 Å². The van der Waals surface area contributed by atoms with Gasteiger partial charge in [-0.25, -0.2) is 9.78 Å². The van der Waals surface area contributed by atoms with Gasteiger partial charge in [0.25, 0.3) is 0 Å². The van der Waals surface area contributed by atoms with Crippen molar-refractivity contribution in [2.75, 3.05) is 31.6 Å². The highest BCUT2D eigenvalue weighted by atomic mass is 32.1. The molecule has 1 aromatic rings. The number of anilines is 1. The maximum atomic E-state index is 12.5. The van der Waals surface area contributed by atoms with Gasteiger partial charge < -0.3 is 9.64 Å². The molecule has 21 heavy (non-hydrogen) atoms. The van der Waals surface area contributed by atoms with E-state index in [9.17, 15) is 18.0 Å². The van der Waals surface area contributed by atoms with Gasteiger partial charge >= 0.3 is 12.2 Å². The largest absolute Gasteiger partial charge is 0.427 e. The van der Waals surface area contributed by atoms with Crippen LogP contribution in [0.3, 0.4) is 0 Å². The quantitative estimate of drug-likeness (QED) is 0.865. The molecule has 1 atom stereocenters. The van der Waals surface area contributed by atoms with E-state index in [1.807, 2.05) is 0 Å². The Bertz CT molecular complexity index is 540. The standard InChI is InChI=1S/C12H14F3N3O2S/c13-12(14,15)8-5-16-9(21-8)17-10(19)18-3-1-11(6-18)2-4-20-7-11/h5H,1-4,6-7H2,(H,16,17,19)/t11-/m1/s1. The number of nitrogens with zero attached hydrogens (tertiary/aromatic N) is 2. The molecule has 2 aliphatic heterocycles. The van der Waals surface area contributed by atoms with E-state index < -0.39 is 17.1 Å². The lowest BCUT2D eigenvalue weighted by Gasteiger charge is -2.21. The molecular weight excluding hydrogens is 307 g/mol. The van der Waals surface area contributed by atoms with Crippen LogP contribution < -0.4 is 5.32 Å². The second kappa shape index (κ2) is 5.13. The third kappa shape index (κ3) is 2.98. The first-order chi connectivity index (χ1) is 9.88. The van der Waals surface area contributed by atoms with Crippen LogP contribution in [0.5, 0.6) is 0 Å². The lowest BCUT2D eigenvalue weighted by Crippen LogP contribution is -2.35. The molecule has 2 saturated heterocycles. The average Bonchev–Trinajstić information content (AvgIpc) is 3.11. The Hall–Kier alpha value is -1.35. The number of hydrogen-bond acceptors (Lipinski definition) is 4. The van der Waals surface area contributed by atoms with Crippen LogP contribution in [0, 0.1) is 5.41 Å². The summed E-state index contributed by atoms with van der Waals surface area (Å²) in [6.45, 7) is 2.52. The number of aromatic nitrogens is 1. The maximum Gasteiger partial charge on any atom is 0.427 e. The van der Waals surface area contributed by atoms with E-state index in [0.29, 0.717) is 37.6 Å². The van der Waals surface area contributed by atoms with Crippen LogP contribution in [0.4, 0.5) is 23.1 Å². The summed E-state index contributed by atoms with van der Waals surface area (Å²) in [5.41, 5.74) is 0.0251. The molecule has 0 unspecified atom stereocenters. The predicted molar refractivity (Wildman–Crippen MR) is 70.2 cm³/mol. The van der Waals surface area contributed by atoms with Gasteiger partial charge in [0.15, 0.2) is 5.13 Å². The molecule has 0 aliphatic carbocycles. The summed E-state index contributed by atoms with van der Waals surface area (Å²) in [6.07, 6.45) is -1.91. The number of hydrogen-bond donors (Lipinski definition) is 1. The Morgan fingerprint density at radius 3 is 2.90 bits per heavy atom. The van der Waals surface area contributed by atoms with Gasteiger partial charge in [-0.05, 0) is 12.8 Å². The zero-order valence-electron chi connectivity index (χ0n) is 11.1. The zero-order chi connectivity index (χ0) is 15.1. The van der Waals surface area contributed by atoms with Crippen LogP contribution >= 0.6 is 11.3 Å². The van der Waals surface area contributed by atoms with Crippen molar-refractivity contribution in [1.29, 1.82) is 0 Å². The number of carbonyl (C=O) groups is 1. The van der Waals surface area contributed by atoms with E-state index >= 15 is 0 Å². The van der Waals surface area contributed by atoms with E-state index in [1.54, 1.807) is 4.90 Å². The van der Waals surface area contributed by atoms with Crippen LogP contribution in [-0.2, 0) is 10.9 Å². The fourth-order valence-corrected chi connectivity index (χ4v) is 3.39. The zero-order valence-corrected chi connectivity index (χ0v) is 11.9. The molecule has 5 nitrogen and oxygen atoms in total. The van der Waals surface area contributed by atoms with E-state index in [0.717, 1.165) is 19.0 Å². The van der Waals surface area contributed by atoms with Crippen molar-refractivity contribution >= 4 is 22.5 Å². The predicted octanol–water partition coefficient (Wildman–Crippen LogP) is 2.81. The average molecular weight is 321 g/mol. The van der Waals surface area contributed by atoms with Crippen LogP contribution in [0.2, 0.25) is 0 Å². The lowest BCUT2D eigenvalue weighted by atomic mass is 9.87. The van der Waals surface area contributed by atoms with E-state index in [-0.39, 0.29) is 10.5 Å². The number of carbonyl (C=O) groups excluding carboxylic acids is 1. The molecule has 1 N–H and O–H groups in total. The number of likely N-dealkylation sites (tertiary alicyclic amines) is 1. The summed E-state index contributed by atoms with van der Waals surface area (Å²) in [4.78, 5) is 16.5. The number of nitrogens with one attached hydrogen (secondary N) is 1. The first kappa shape index (κ1) is 14.6. The van der Waals surface area contributed by atoms with Crippen molar-refractivity contribution < 1.29 is 22.7 Å². The van der Waals surface area contributed by atoms with Gasteiger partial charge in [-0.2, -0.15) is 13.2 Å². The molecule has 0 radical (unpaired) electrons. The molecule has 0 aromatic carbocycles. The van der Waals surface area contributed by atoms with Crippen molar-refractivity contribution in [3.05, 3.63) is 11.1 Å². The summed E-state index contributed by atoms with van der Waals surface area (Å²) < 4.78 is 42.8. The maximum absolute atomic E-state index is 12.5. The molecule has 3 heterocycles. The van der Waals surface area contributed by atoms with Crippen LogP contribution in [-0.4, -0.2) is 42.2 Å². The van der Waals surface area contributed by atoms with Crippen LogP contribution in [0.1, 0.15) is 17.7 Å². The Morgan fingerprint density at radius 2 is 2.29 bits per heavy atom. The number of alkyl halides is 3. The van der Waals surface area contributed by atoms with Crippen LogP contribution in [0.25, 0.3) is 0 Å². The molecule has 0 bridgehead atoms. The number of halogens is 3. The molecule has 2 fully saturated rings. The number of amides is 2. The van der Waals surface area contributed by atoms with Crippen molar-refractivity contribution in [3.63, 3.8) is 0 Å². The third-order valence-corrected chi connectivity index (χ3v) is 4.87. The van der Waals surface area contributed by atoms with Gasteiger partial charge in [0.05, 0.1) is 12.8 Å². The van der Waals surface area contributed by atoms with Gasteiger partial charge in [0.2, 0.25) is 0 Å². The van der Waals surface area contributed by atoms with Crippen molar-refractivity contribution in [2.45, 2.75) is 19.0 Å². The molecule has 2 aliphatic rings. The number of urea groups is 1. The number of thiazole rings is 1. The van der Waals surface area contributed by atoms with E-state index in [1.165, 1.54) is 0 Å². The van der Waals surface area contributed by atoms with Gasteiger partial charge in [-0.15, -0.1) is 0 Å². The summed E-state index contributed by atoms with van der Waals surface area (Å²) in [5, 5.41) is 2.40. The van der Waals surface area contributed by atoms with Gasteiger partial charge in [0.1, 0.15) is 4.88 Å². The molecule has 116 valence electrons. The second-order valence-corrected chi connectivity index (χ2v) is 6.46. The number of rotatable bonds is 1. The Balaban J connectivity index is 1.61. The van der Waals surface area contributed by atoms with E-state index in [2.05, 4.69) is 10.3 Å². The fraction of sp³-hybridized carbons (Fsp3) is 0.667. The van der Waals surface area contributed by atoms with Gasteiger partial charge in [0, 0.05) is 25.1 Å². The summed E-state index contributed by atoms with van der Waals surface area (Å²) in [6, 6.07) is -0.401. The van der Waals surface area contributed by atoms with Gasteiger partial charge in [-0.3, -0.25) is 5.32 Å². The molecule has 2 amide bonds. The number of ether oxygens (including phenoxy) is 1. The SMILES string of the molecule is O=C(Nc1ncc(C(F)(F)F)s1)N1CC[C@@]2(CCOC2)C1. The monoisotopic (exact) mass is 321 g/mol. The molecule has 1 aromatic heterocycles. The topological polar surface area (TPSA) is 54.5 Å². The van der Waals surface area contributed by atoms with Crippen LogP contribution in [0.15, 0.2) is 6.20 Å². The molecule has 3 rings (SSSR count). The highest BCUT2D eigenvalue weighted by Crippen LogP contribution is 2.39. The highest BCUT2D eigenvalue weighted by molar-refractivity contribution is 7.15. The smallest absolute Gasteiger partial charge is 0.381 e. The minimum Gasteiger partial charge on any atom is -0.381 e. The Morgan fingerprint density at radius 1 is 1.48 bits per heavy atom. The first-order valence-electron chi connectivity index (χ1n) is 6.55. The highest BCUT2D eigenvalue weighted by Gasteiger charge is 2.43. The Kier molecular flexibility index (Phi) is 3.56. The third-order valence-electron chi connectivity index (χ3n) is 3.91. The van der Waals surface area contributed by atoms with Crippen molar-refractivity contribution in [2.24, 2.45) is 5.41 Å². The van der Waals surface area contributed by atoms with Crippen molar-refractivity contribution in [3.8, 4) is 0 Å². The Labute approximate surface area is 123 Å². The second-order valence-electron chi connectivity index (χ2n) is 5.43. The summed E-state index contributed by atoms with van der Waals surface area (Å²) >= 11 is 0.431. The molecule has 9 heteroatoms. The molecule has 0 saturated carbocycles.